The van der Waals surface area contributed by atoms with Crippen molar-refractivity contribution in [3.63, 3.8) is 0 Å². The Balaban J connectivity index is 3.09. The number of anilines is 1. The monoisotopic (exact) mass is 243 g/mol. The Kier molecular flexibility index (Phi) is 3.97. The SMILES string of the molecule is CCn1ncc(NC(C)(C)CC)c(Cl)c1=O. The normalized spacial score (nSPS) is 11.6. The molecule has 1 aromatic heterocycles. The molecule has 0 aliphatic carbocycles. The summed E-state index contributed by atoms with van der Waals surface area (Å²) < 4.78 is 1.34. The highest BCUT2D eigenvalue weighted by molar-refractivity contribution is 6.32. The molecule has 1 rings (SSSR count). The summed E-state index contributed by atoms with van der Waals surface area (Å²) in [4.78, 5) is 11.7. The Morgan fingerprint density at radius 2 is 2.12 bits per heavy atom. The highest BCUT2D eigenvalue weighted by Crippen LogP contribution is 2.21. The predicted octanol–water partition coefficient (Wildman–Crippen LogP) is 2.52. The van der Waals surface area contributed by atoms with Crippen LogP contribution in [-0.4, -0.2) is 15.3 Å². The molecule has 0 spiro atoms. The largest absolute Gasteiger partial charge is 0.378 e. The Hall–Kier alpha value is -1.03. The Morgan fingerprint density at radius 1 is 1.50 bits per heavy atom. The summed E-state index contributed by atoms with van der Waals surface area (Å²) in [6, 6.07) is 0. The van der Waals surface area contributed by atoms with E-state index in [4.69, 9.17) is 11.6 Å². The van der Waals surface area contributed by atoms with E-state index in [2.05, 4.69) is 31.2 Å². The molecule has 0 saturated carbocycles. The van der Waals surface area contributed by atoms with Crippen LogP contribution < -0.4 is 10.9 Å². The first-order valence-corrected chi connectivity index (χ1v) is 5.83. The van der Waals surface area contributed by atoms with Crippen LogP contribution in [0.3, 0.4) is 0 Å². The zero-order chi connectivity index (χ0) is 12.3. The zero-order valence-corrected chi connectivity index (χ0v) is 10.9. The molecular weight excluding hydrogens is 226 g/mol. The van der Waals surface area contributed by atoms with Gasteiger partial charge in [-0.3, -0.25) is 4.79 Å². The van der Waals surface area contributed by atoms with Crippen LogP contribution in [0.1, 0.15) is 34.1 Å². The number of halogens is 1. The van der Waals surface area contributed by atoms with E-state index in [0.29, 0.717) is 12.2 Å². The summed E-state index contributed by atoms with van der Waals surface area (Å²) in [7, 11) is 0. The third-order valence-electron chi connectivity index (χ3n) is 2.64. The second-order valence-corrected chi connectivity index (χ2v) is 4.73. The summed E-state index contributed by atoms with van der Waals surface area (Å²) in [5.74, 6) is 0. The van der Waals surface area contributed by atoms with Crippen molar-refractivity contribution in [2.75, 3.05) is 5.32 Å². The smallest absolute Gasteiger partial charge is 0.287 e. The molecule has 0 amide bonds. The topological polar surface area (TPSA) is 46.9 Å². The van der Waals surface area contributed by atoms with Crippen molar-refractivity contribution in [2.24, 2.45) is 0 Å². The van der Waals surface area contributed by atoms with Gasteiger partial charge in [-0.05, 0) is 27.2 Å². The Labute approximate surface area is 101 Å². The van der Waals surface area contributed by atoms with Crippen LogP contribution in [-0.2, 0) is 6.54 Å². The average molecular weight is 244 g/mol. The van der Waals surface area contributed by atoms with Crippen LogP contribution in [0, 0.1) is 0 Å². The Morgan fingerprint density at radius 3 is 2.62 bits per heavy atom. The fraction of sp³-hybridized carbons (Fsp3) is 0.636. The van der Waals surface area contributed by atoms with E-state index in [-0.39, 0.29) is 16.1 Å². The van der Waals surface area contributed by atoms with Crippen molar-refractivity contribution < 1.29 is 0 Å². The molecule has 0 unspecified atom stereocenters. The summed E-state index contributed by atoms with van der Waals surface area (Å²) in [6.07, 6.45) is 2.53. The second kappa shape index (κ2) is 4.87. The van der Waals surface area contributed by atoms with E-state index in [1.165, 1.54) is 4.68 Å². The summed E-state index contributed by atoms with van der Waals surface area (Å²) >= 11 is 6.00. The molecule has 0 atom stereocenters. The third kappa shape index (κ3) is 2.76. The van der Waals surface area contributed by atoms with Crippen molar-refractivity contribution >= 4 is 17.3 Å². The van der Waals surface area contributed by atoms with Gasteiger partial charge in [0.05, 0.1) is 11.9 Å². The minimum atomic E-state index is -0.249. The first kappa shape index (κ1) is 13.0. The lowest BCUT2D eigenvalue weighted by Gasteiger charge is -2.26. The third-order valence-corrected chi connectivity index (χ3v) is 3.01. The van der Waals surface area contributed by atoms with Crippen LogP contribution in [0.5, 0.6) is 0 Å². The molecule has 0 saturated heterocycles. The van der Waals surface area contributed by atoms with Crippen LogP contribution in [0.2, 0.25) is 5.02 Å². The molecule has 4 nitrogen and oxygen atoms in total. The maximum atomic E-state index is 11.7. The lowest BCUT2D eigenvalue weighted by atomic mass is 10.0. The molecule has 0 bridgehead atoms. The number of hydrogen-bond donors (Lipinski definition) is 1. The van der Waals surface area contributed by atoms with Gasteiger partial charge in [0.2, 0.25) is 0 Å². The lowest BCUT2D eigenvalue weighted by Crippen LogP contribution is -2.32. The van der Waals surface area contributed by atoms with E-state index in [1.807, 2.05) is 6.92 Å². The van der Waals surface area contributed by atoms with Gasteiger partial charge in [0.1, 0.15) is 5.02 Å². The minimum absolute atomic E-state index is 0.101. The highest BCUT2D eigenvalue weighted by Gasteiger charge is 2.17. The molecule has 0 aliphatic heterocycles. The standard InChI is InChI=1S/C11H18ClN3O/c1-5-11(3,4)14-8-7-13-15(6-2)10(16)9(8)12/h7,14H,5-6H2,1-4H3. The van der Waals surface area contributed by atoms with Gasteiger partial charge in [-0.25, -0.2) is 4.68 Å². The molecule has 5 heteroatoms. The molecule has 0 fully saturated rings. The van der Waals surface area contributed by atoms with Crippen molar-refractivity contribution in [1.82, 2.24) is 9.78 Å². The van der Waals surface area contributed by atoms with E-state index < -0.39 is 0 Å². The number of nitrogens with zero attached hydrogens (tertiary/aromatic N) is 2. The fourth-order valence-electron chi connectivity index (χ4n) is 1.23. The number of rotatable bonds is 4. The van der Waals surface area contributed by atoms with Gasteiger partial charge >= 0.3 is 0 Å². The molecule has 0 aliphatic rings. The van der Waals surface area contributed by atoms with E-state index in [1.54, 1.807) is 6.20 Å². The Bertz CT molecular complexity index is 426. The van der Waals surface area contributed by atoms with Gasteiger partial charge in [0.15, 0.2) is 0 Å². The van der Waals surface area contributed by atoms with Gasteiger partial charge in [-0.2, -0.15) is 5.10 Å². The van der Waals surface area contributed by atoms with Crippen molar-refractivity contribution in [2.45, 2.75) is 46.2 Å². The molecular formula is C11H18ClN3O. The fourth-order valence-corrected chi connectivity index (χ4v) is 1.42. The molecule has 1 N–H and O–H groups in total. The molecule has 1 heterocycles. The van der Waals surface area contributed by atoms with Gasteiger partial charge < -0.3 is 5.32 Å². The molecule has 0 radical (unpaired) electrons. The van der Waals surface area contributed by atoms with Gasteiger partial charge in [-0.15, -0.1) is 0 Å². The summed E-state index contributed by atoms with van der Waals surface area (Å²) in [6.45, 7) is 8.55. The average Bonchev–Trinajstić information content (AvgIpc) is 2.25. The summed E-state index contributed by atoms with van der Waals surface area (Å²) in [5.41, 5.74) is 0.250. The predicted molar refractivity (Wildman–Crippen MR) is 67.2 cm³/mol. The highest BCUT2D eigenvalue weighted by atomic mass is 35.5. The minimum Gasteiger partial charge on any atom is -0.378 e. The first-order valence-electron chi connectivity index (χ1n) is 5.45. The summed E-state index contributed by atoms with van der Waals surface area (Å²) in [5, 5.41) is 7.46. The van der Waals surface area contributed by atoms with E-state index in [0.717, 1.165) is 6.42 Å². The second-order valence-electron chi connectivity index (χ2n) is 4.36. The van der Waals surface area contributed by atoms with Gasteiger partial charge in [0, 0.05) is 12.1 Å². The van der Waals surface area contributed by atoms with E-state index in [9.17, 15) is 4.79 Å². The van der Waals surface area contributed by atoms with Crippen molar-refractivity contribution in [3.05, 3.63) is 21.6 Å². The number of nitrogens with one attached hydrogen (secondary N) is 1. The molecule has 90 valence electrons. The van der Waals surface area contributed by atoms with Crippen LogP contribution >= 0.6 is 11.6 Å². The number of aryl methyl sites for hydroxylation is 1. The molecule has 0 aromatic carbocycles. The maximum Gasteiger partial charge on any atom is 0.287 e. The van der Waals surface area contributed by atoms with Crippen LogP contribution in [0.4, 0.5) is 5.69 Å². The molecule has 16 heavy (non-hydrogen) atoms. The van der Waals surface area contributed by atoms with Crippen molar-refractivity contribution in [1.29, 1.82) is 0 Å². The van der Waals surface area contributed by atoms with E-state index >= 15 is 0 Å². The van der Waals surface area contributed by atoms with Crippen LogP contribution in [0.15, 0.2) is 11.0 Å². The maximum absolute atomic E-state index is 11.7. The zero-order valence-electron chi connectivity index (χ0n) is 10.2. The number of hydrogen-bond acceptors (Lipinski definition) is 3. The van der Waals surface area contributed by atoms with Crippen molar-refractivity contribution in [3.8, 4) is 0 Å². The molecule has 1 aromatic rings. The van der Waals surface area contributed by atoms with Gasteiger partial charge in [0.25, 0.3) is 5.56 Å². The number of aromatic nitrogens is 2. The lowest BCUT2D eigenvalue weighted by molar-refractivity contribution is 0.544. The van der Waals surface area contributed by atoms with Gasteiger partial charge in [-0.1, -0.05) is 18.5 Å². The van der Waals surface area contributed by atoms with Crippen LogP contribution in [0.25, 0.3) is 0 Å². The quantitative estimate of drug-likeness (QED) is 0.884. The first-order chi connectivity index (χ1) is 7.41.